The van der Waals surface area contributed by atoms with Crippen LogP contribution in [0.1, 0.15) is 22.4 Å². The van der Waals surface area contributed by atoms with Gasteiger partial charge in [0.05, 0.1) is 12.5 Å². The molecule has 0 aliphatic carbocycles. The lowest BCUT2D eigenvalue weighted by molar-refractivity contribution is 0.560. The quantitative estimate of drug-likeness (QED) is 0.845. The molecule has 0 amide bonds. The summed E-state index contributed by atoms with van der Waals surface area (Å²) in [4.78, 5) is 5.68. The summed E-state index contributed by atoms with van der Waals surface area (Å²) in [7, 11) is 0. The first kappa shape index (κ1) is 10.4. The molecule has 0 aromatic carbocycles. The van der Waals surface area contributed by atoms with E-state index in [1.807, 2.05) is 12.3 Å². The number of nitrogens with zero attached hydrogens (tertiary/aromatic N) is 1. The van der Waals surface area contributed by atoms with Gasteiger partial charge in [0.15, 0.2) is 0 Å². The second-order valence-corrected chi connectivity index (χ2v) is 4.51. The first-order chi connectivity index (χ1) is 7.38. The van der Waals surface area contributed by atoms with E-state index < -0.39 is 0 Å². The summed E-state index contributed by atoms with van der Waals surface area (Å²) in [5.74, 6) is 0. The van der Waals surface area contributed by atoms with Gasteiger partial charge in [-0.3, -0.25) is 0 Å². The molecule has 15 heavy (non-hydrogen) atoms. The Labute approximate surface area is 93.2 Å². The Hall–Kier alpha value is -1.13. The number of thiazole rings is 1. The summed E-state index contributed by atoms with van der Waals surface area (Å²) in [5, 5.41) is 4.48. The SMILES string of the molecule is CCc1cnc(CNCc2ccoc2)s1. The molecule has 0 fully saturated rings. The van der Waals surface area contributed by atoms with Crippen molar-refractivity contribution in [2.24, 2.45) is 0 Å². The van der Waals surface area contributed by atoms with Crippen LogP contribution in [-0.4, -0.2) is 4.98 Å². The van der Waals surface area contributed by atoms with Crippen molar-refractivity contribution in [1.29, 1.82) is 0 Å². The minimum absolute atomic E-state index is 0.829. The fraction of sp³-hybridized carbons (Fsp3) is 0.364. The Morgan fingerprint density at radius 1 is 1.47 bits per heavy atom. The minimum atomic E-state index is 0.829. The molecule has 0 bridgehead atoms. The number of aryl methyl sites for hydroxylation is 1. The van der Waals surface area contributed by atoms with Crippen LogP contribution in [0.2, 0.25) is 0 Å². The highest BCUT2D eigenvalue weighted by Crippen LogP contribution is 2.13. The van der Waals surface area contributed by atoms with Crippen molar-refractivity contribution in [3.63, 3.8) is 0 Å². The van der Waals surface area contributed by atoms with E-state index >= 15 is 0 Å². The molecule has 0 saturated heterocycles. The molecule has 0 spiro atoms. The Kier molecular flexibility index (Phi) is 3.53. The molecule has 2 rings (SSSR count). The summed E-state index contributed by atoms with van der Waals surface area (Å²) in [5.41, 5.74) is 1.17. The molecule has 2 heterocycles. The van der Waals surface area contributed by atoms with Crippen LogP contribution in [0.3, 0.4) is 0 Å². The Balaban J connectivity index is 1.78. The van der Waals surface area contributed by atoms with Crippen molar-refractivity contribution in [3.8, 4) is 0 Å². The topological polar surface area (TPSA) is 38.1 Å². The highest BCUT2D eigenvalue weighted by atomic mass is 32.1. The van der Waals surface area contributed by atoms with Crippen molar-refractivity contribution in [1.82, 2.24) is 10.3 Å². The zero-order valence-electron chi connectivity index (χ0n) is 8.69. The summed E-state index contributed by atoms with van der Waals surface area (Å²) < 4.78 is 4.99. The van der Waals surface area contributed by atoms with Crippen molar-refractivity contribution in [3.05, 3.63) is 40.2 Å². The lowest BCUT2D eigenvalue weighted by Crippen LogP contribution is -2.11. The molecule has 0 aliphatic rings. The largest absolute Gasteiger partial charge is 0.472 e. The van der Waals surface area contributed by atoms with Crippen LogP contribution in [0.15, 0.2) is 29.2 Å². The molecular weight excluding hydrogens is 208 g/mol. The van der Waals surface area contributed by atoms with Gasteiger partial charge in [0, 0.05) is 29.7 Å². The minimum Gasteiger partial charge on any atom is -0.472 e. The van der Waals surface area contributed by atoms with Gasteiger partial charge >= 0.3 is 0 Å². The highest BCUT2D eigenvalue weighted by molar-refractivity contribution is 7.11. The van der Waals surface area contributed by atoms with Crippen molar-refractivity contribution in [2.45, 2.75) is 26.4 Å². The van der Waals surface area contributed by atoms with E-state index in [4.69, 9.17) is 4.42 Å². The van der Waals surface area contributed by atoms with E-state index in [1.54, 1.807) is 23.9 Å². The normalized spacial score (nSPS) is 10.7. The average molecular weight is 222 g/mol. The Morgan fingerprint density at radius 2 is 2.40 bits per heavy atom. The molecule has 2 aromatic rings. The molecule has 2 aromatic heterocycles. The van der Waals surface area contributed by atoms with Crippen molar-refractivity contribution < 1.29 is 4.42 Å². The van der Waals surface area contributed by atoms with Gasteiger partial charge in [-0.15, -0.1) is 11.3 Å². The van der Waals surface area contributed by atoms with Crippen LogP contribution in [0.5, 0.6) is 0 Å². The molecule has 0 unspecified atom stereocenters. The van der Waals surface area contributed by atoms with Crippen LogP contribution in [0.25, 0.3) is 0 Å². The summed E-state index contributed by atoms with van der Waals surface area (Å²) in [6, 6.07) is 1.96. The van der Waals surface area contributed by atoms with Crippen LogP contribution >= 0.6 is 11.3 Å². The third kappa shape index (κ3) is 2.91. The van der Waals surface area contributed by atoms with Gasteiger partial charge in [-0.25, -0.2) is 4.98 Å². The van der Waals surface area contributed by atoms with Gasteiger partial charge in [0.25, 0.3) is 0 Å². The standard InChI is InChI=1S/C11H14N2OS/c1-2-10-6-13-11(15-10)7-12-5-9-3-4-14-8-9/h3-4,6,8,12H,2,5,7H2,1H3. The van der Waals surface area contributed by atoms with Gasteiger partial charge in [0.2, 0.25) is 0 Å². The maximum Gasteiger partial charge on any atom is 0.107 e. The van der Waals surface area contributed by atoms with E-state index in [-0.39, 0.29) is 0 Å². The number of hydrogen-bond donors (Lipinski definition) is 1. The summed E-state index contributed by atoms with van der Waals surface area (Å²) in [6.07, 6.45) is 6.47. The summed E-state index contributed by atoms with van der Waals surface area (Å²) in [6.45, 7) is 3.81. The number of aromatic nitrogens is 1. The van der Waals surface area contributed by atoms with Gasteiger partial charge in [-0.2, -0.15) is 0 Å². The fourth-order valence-corrected chi connectivity index (χ4v) is 2.13. The van der Waals surface area contributed by atoms with E-state index in [0.29, 0.717) is 0 Å². The van der Waals surface area contributed by atoms with Crippen molar-refractivity contribution >= 4 is 11.3 Å². The lowest BCUT2D eigenvalue weighted by Gasteiger charge is -1.98. The highest BCUT2D eigenvalue weighted by Gasteiger charge is 2.00. The number of hydrogen-bond acceptors (Lipinski definition) is 4. The number of furan rings is 1. The summed E-state index contributed by atoms with van der Waals surface area (Å²) >= 11 is 1.77. The predicted octanol–water partition coefficient (Wildman–Crippen LogP) is 2.59. The monoisotopic (exact) mass is 222 g/mol. The van der Waals surface area contributed by atoms with E-state index in [9.17, 15) is 0 Å². The van der Waals surface area contributed by atoms with Gasteiger partial charge in [-0.1, -0.05) is 6.92 Å². The molecule has 0 aliphatic heterocycles. The van der Waals surface area contributed by atoms with Crippen LogP contribution < -0.4 is 5.32 Å². The van der Waals surface area contributed by atoms with E-state index in [2.05, 4.69) is 17.2 Å². The van der Waals surface area contributed by atoms with Crippen LogP contribution in [0.4, 0.5) is 0 Å². The van der Waals surface area contributed by atoms with Crippen LogP contribution in [-0.2, 0) is 19.5 Å². The zero-order valence-corrected chi connectivity index (χ0v) is 9.51. The first-order valence-electron chi connectivity index (χ1n) is 5.04. The van der Waals surface area contributed by atoms with Gasteiger partial charge in [0.1, 0.15) is 5.01 Å². The Bertz CT molecular complexity index is 394. The van der Waals surface area contributed by atoms with Crippen LogP contribution in [0, 0.1) is 0 Å². The third-order valence-corrected chi connectivity index (χ3v) is 3.28. The molecule has 1 N–H and O–H groups in total. The smallest absolute Gasteiger partial charge is 0.107 e. The molecule has 0 atom stereocenters. The maximum absolute atomic E-state index is 4.99. The zero-order chi connectivity index (χ0) is 10.5. The second kappa shape index (κ2) is 5.09. The molecule has 80 valence electrons. The van der Waals surface area contributed by atoms with E-state index in [0.717, 1.165) is 24.5 Å². The average Bonchev–Trinajstić information content (AvgIpc) is 2.88. The second-order valence-electron chi connectivity index (χ2n) is 3.31. The molecule has 0 saturated carbocycles. The number of rotatable bonds is 5. The number of nitrogens with one attached hydrogen (secondary N) is 1. The van der Waals surface area contributed by atoms with Gasteiger partial charge < -0.3 is 9.73 Å². The molecular formula is C11H14N2OS. The predicted molar refractivity (Wildman–Crippen MR) is 60.7 cm³/mol. The Morgan fingerprint density at radius 3 is 3.07 bits per heavy atom. The van der Waals surface area contributed by atoms with Crippen molar-refractivity contribution in [2.75, 3.05) is 0 Å². The van der Waals surface area contributed by atoms with Gasteiger partial charge in [-0.05, 0) is 12.5 Å². The molecule has 4 heteroatoms. The molecule has 0 radical (unpaired) electrons. The maximum atomic E-state index is 4.99. The first-order valence-corrected chi connectivity index (χ1v) is 5.85. The fourth-order valence-electron chi connectivity index (χ4n) is 1.30. The van der Waals surface area contributed by atoms with E-state index in [1.165, 1.54) is 10.4 Å². The lowest BCUT2D eigenvalue weighted by atomic mass is 10.3. The third-order valence-electron chi connectivity index (χ3n) is 2.14. The molecule has 3 nitrogen and oxygen atoms in total.